The number of nitrogens with one attached hydrogen (secondary N) is 7. The van der Waals surface area contributed by atoms with E-state index < -0.39 is 166 Å². The van der Waals surface area contributed by atoms with Crippen LogP contribution in [-0.4, -0.2) is 369 Å². The fourth-order valence-corrected chi connectivity index (χ4v) is 9.98. The molecule has 3 aliphatic heterocycles. The Morgan fingerprint density at radius 2 is 0.630 bits per heavy atom. The summed E-state index contributed by atoms with van der Waals surface area (Å²) >= 11 is 0. The number of carbonyl (C=O) groups is 8. The number of rotatable bonds is 56. The number of hydrogen-bond donors (Lipinski definition) is 16. The highest BCUT2D eigenvalue weighted by molar-refractivity contribution is 5.92. The third-order valence-corrected chi connectivity index (χ3v) is 15.2. The van der Waals surface area contributed by atoms with Crippen molar-refractivity contribution in [1.29, 1.82) is 0 Å². The van der Waals surface area contributed by atoms with Gasteiger partial charge in [-0.25, -0.2) is 0 Å². The molecule has 3 fully saturated rings. The minimum atomic E-state index is -1.46. The van der Waals surface area contributed by atoms with E-state index in [1.165, 1.54) is 27.7 Å². The van der Waals surface area contributed by atoms with Crippen molar-refractivity contribution in [3.05, 3.63) is 0 Å². The van der Waals surface area contributed by atoms with Crippen molar-refractivity contribution in [3.63, 3.8) is 0 Å². The average molecular weight is 1450 g/mol. The lowest BCUT2D eigenvalue weighted by Gasteiger charge is -2.42. The molecule has 100 heavy (non-hydrogen) atoms. The van der Waals surface area contributed by atoms with Gasteiger partial charge in [-0.15, -0.1) is 0 Å². The highest BCUT2D eigenvalue weighted by Crippen LogP contribution is 2.25. The van der Waals surface area contributed by atoms with Gasteiger partial charge in [0.2, 0.25) is 41.4 Å². The smallest absolute Gasteiger partial charge is 0.246 e. The van der Waals surface area contributed by atoms with E-state index in [2.05, 4.69) is 37.2 Å². The first-order valence-electron chi connectivity index (χ1n) is 33.4. The molecule has 39 nitrogen and oxygen atoms in total. The summed E-state index contributed by atoms with van der Waals surface area (Å²) in [5.74, 6) is -3.87. The summed E-state index contributed by atoms with van der Waals surface area (Å²) in [7, 11) is 0. The van der Waals surface area contributed by atoms with Crippen molar-refractivity contribution in [3.8, 4) is 0 Å². The molecule has 0 bridgehead atoms. The van der Waals surface area contributed by atoms with Crippen LogP contribution in [0.5, 0.6) is 0 Å². The van der Waals surface area contributed by atoms with Gasteiger partial charge in [0.15, 0.2) is 24.7 Å². The van der Waals surface area contributed by atoms with E-state index in [0.717, 1.165) is 0 Å². The second-order valence-corrected chi connectivity index (χ2v) is 23.2. The second-order valence-electron chi connectivity index (χ2n) is 23.2. The van der Waals surface area contributed by atoms with Crippen LogP contribution >= 0.6 is 0 Å². The normalized spacial score (nSPS) is 25.8. The highest BCUT2D eigenvalue weighted by atomic mass is 16.7. The number of ketones is 1. The molecule has 39 heteroatoms. The Balaban J connectivity index is 1.34. The first kappa shape index (κ1) is 89.2. The van der Waals surface area contributed by atoms with Crippen molar-refractivity contribution in [2.24, 2.45) is 0 Å². The molecule has 3 heterocycles. The minimum Gasteiger partial charge on any atom is -0.394 e. The average Bonchev–Trinajstić information content (AvgIpc) is 0.825. The molecule has 16 N–H and O–H groups in total. The number of unbranched alkanes of at least 4 members (excludes halogenated alkanes) is 2. The Labute approximate surface area is 580 Å². The Bertz CT molecular complexity index is 2310. The van der Waals surface area contributed by atoms with Gasteiger partial charge in [0.05, 0.1) is 145 Å². The molecule has 0 aromatic carbocycles. The minimum absolute atomic E-state index is 0.00501. The molecule has 0 aliphatic carbocycles. The van der Waals surface area contributed by atoms with Gasteiger partial charge in [-0.3, -0.25) is 38.4 Å². The molecule has 3 saturated heterocycles. The van der Waals surface area contributed by atoms with Gasteiger partial charge in [-0.2, -0.15) is 0 Å². The van der Waals surface area contributed by atoms with Gasteiger partial charge in [0.25, 0.3) is 0 Å². The molecule has 0 saturated carbocycles. The van der Waals surface area contributed by atoms with E-state index in [1.54, 1.807) is 0 Å². The molecule has 17 atom stereocenters. The predicted octanol–water partition coefficient (Wildman–Crippen LogP) is -8.85. The Morgan fingerprint density at radius 3 is 0.920 bits per heavy atom. The molecule has 3 rings (SSSR count). The summed E-state index contributed by atoms with van der Waals surface area (Å²) in [6.07, 6.45) is -13.6. The quantitative estimate of drug-likeness (QED) is 0.0252. The predicted molar refractivity (Wildman–Crippen MR) is 340 cm³/mol. The number of aliphatic hydroxyl groups is 9. The third-order valence-electron chi connectivity index (χ3n) is 15.2. The Morgan fingerprint density at radius 1 is 0.350 bits per heavy atom. The van der Waals surface area contributed by atoms with Gasteiger partial charge in [-0.05, 0) is 45.4 Å². The first-order valence-corrected chi connectivity index (χ1v) is 33.4. The van der Waals surface area contributed by atoms with Crippen LogP contribution in [-0.2, 0) is 109 Å². The number of Topliss-reactive ketones (excluding diaryl/α,β-unsaturated/α-hetero) is 1. The van der Waals surface area contributed by atoms with Crippen LogP contribution in [0.15, 0.2) is 0 Å². The molecule has 0 spiro atoms. The zero-order valence-electron chi connectivity index (χ0n) is 57.4. The van der Waals surface area contributed by atoms with Crippen LogP contribution in [0.4, 0.5) is 0 Å². The van der Waals surface area contributed by atoms with E-state index in [4.69, 9.17) is 71.1 Å². The van der Waals surface area contributed by atoms with Crippen LogP contribution in [0.3, 0.4) is 0 Å². The Kier molecular flexibility index (Phi) is 47.2. The molecule has 3 aliphatic rings. The lowest BCUT2D eigenvalue weighted by Crippen LogP contribution is -2.64. The van der Waals surface area contributed by atoms with Crippen LogP contribution in [0.2, 0.25) is 0 Å². The number of hydrogen-bond acceptors (Lipinski definition) is 32. The Hall–Kier alpha value is -5.00. The van der Waals surface area contributed by atoms with Crippen molar-refractivity contribution in [2.75, 3.05) is 172 Å². The van der Waals surface area contributed by atoms with Crippen molar-refractivity contribution in [1.82, 2.24) is 37.2 Å². The maximum atomic E-state index is 13.7. The van der Waals surface area contributed by atoms with E-state index >= 15 is 0 Å². The standard InChI is InChI=1S/C61H109N7O32/c1-37(72)41(9-5-7-11-62-46(76)34-92-22-19-86-13-16-89-25-28-95-59-49(64-38(2)73)55(82)52(79)43(31-69)98-59)68-58(85)42(67-48(78)36-94-24-21-88-15-18-91-27-30-97-61-51(66-40(4)75)57(84)54(81)45(33-71)100-61)10-6-8-12-63-47(77)35-93-23-20-87-14-17-90-26-29-96-60-50(65-39(3)74)56(83)53(80)44(32-70)99-60/h41-45,49-57,59-61,69-71,79-84H,5-36H2,1-4H3,(H,62,76)(H,63,77)(H,64,73)(H,65,74)(H,66,75)(H,67,78)(H,68,85)/t41-,42?,43+,44+,45+,49+,50+,51+,52-,53-,54-,55+,56+,57+,59+,60+,61+/m0/s1. The van der Waals surface area contributed by atoms with Crippen LogP contribution in [0.1, 0.15) is 66.2 Å². The molecule has 580 valence electrons. The topological polar surface area (TPSA) is 541 Å². The van der Waals surface area contributed by atoms with Gasteiger partial charge in [-0.1, -0.05) is 0 Å². The van der Waals surface area contributed by atoms with E-state index in [9.17, 15) is 84.3 Å². The number of aliphatic hydroxyl groups excluding tert-OH is 9. The fraction of sp³-hybridized carbons (Fsp3) is 0.869. The zero-order valence-corrected chi connectivity index (χ0v) is 57.4. The van der Waals surface area contributed by atoms with Crippen molar-refractivity contribution < 1.29 is 155 Å². The van der Waals surface area contributed by atoms with Crippen LogP contribution < -0.4 is 37.2 Å². The number of carbonyl (C=O) groups excluding carboxylic acids is 8. The van der Waals surface area contributed by atoms with Gasteiger partial charge in [0.1, 0.15) is 98.9 Å². The maximum Gasteiger partial charge on any atom is 0.246 e. The molecule has 0 aromatic heterocycles. The summed E-state index contributed by atoms with van der Waals surface area (Å²) in [6, 6.07) is -5.29. The lowest BCUT2D eigenvalue weighted by atomic mass is 9.97. The summed E-state index contributed by atoms with van der Waals surface area (Å²) < 4.78 is 82.4. The molecular formula is C61H109N7O32. The van der Waals surface area contributed by atoms with Crippen molar-refractivity contribution in [2.45, 2.75) is 170 Å². The summed E-state index contributed by atoms with van der Waals surface area (Å²) in [6.45, 7) is 4.44. The van der Waals surface area contributed by atoms with Gasteiger partial charge >= 0.3 is 0 Å². The molecule has 0 radical (unpaired) electrons. The third kappa shape index (κ3) is 36.4. The number of amides is 7. The van der Waals surface area contributed by atoms with Crippen molar-refractivity contribution >= 4 is 47.1 Å². The van der Waals surface area contributed by atoms with Crippen LogP contribution in [0, 0.1) is 0 Å². The van der Waals surface area contributed by atoms with E-state index in [0.29, 0.717) is 25.7 Å². The highest BCUT2D eigenvalue weighted by Gasteiger charge is 2.48. The first-order chi connectivity index (χ1) is 48.0. The lowest BCUT2D eigenvalue weighted by molar-refractivity contribution is -0.272. The second kappa shape index (κ2) is 52.9. The molecular weight excluding hydrogens is 1340 g/mol. The SMILES string of the molecule is CC(=O)N[C@H]1[C@H](OCCOCCOCCOCC(=O)NCCCCC(NC(=O)COCCOCCOCCO[C@@H]2O[C@H](CO)[C@H](O)[C@H](O)[C@H]2NC(C)=O)C(=O)N[C@@H](CCCCNC(=O)COCCOCCOCCO[C@@H]2O[C@H](CO)[C@H](O)[C@H](O)[C@H]2NC(C)=O)C(C)=O)O[C@H](CO)[C@H](O)[C@@H]1O. The largest absolute Gasteiger partial charge is 0.394 e. The fourth-order valence-electron chi connectivity index (χ4n) is 9.98. The van der Waals surface area contributed by atoms with E-state index in [-0.39, 0.29) is 170 Å². The summed E-state index contributed by atoms with van der Waals surface area (Å²) in [4.78, 5) is 99.5. The molecule has 1 unspecified atom stereocenters. The summed E-state index contributed by atoms with van der Waals surface area (Å²) in [5, 5.41) is 108. The number of ether oxygens (including phenoxy) is 15. The van der Waals surface area contributed by atoms with Gasteiger partial charge in [0, 0.05) is 33.9 Å². The zero-order chi connectivity index (χ0) is 73.6. The van der Waals surface area contributed by atoms with E-state index in [1.807, 2.05) is 0 Å². The monoisotopic (exact) mass is 1450 g/mol. The summed E-state index contributed by atoms with van der Waals surface area (Å²) in [5.41, 5.74) is 0. The molecule has 7 amide bonds. The maximum absolute atomic E-state index is 13.7. The van der Waals surface area contributed by atoms with Crippen LogP contribution in [0.25, 0.3) is 0 Å². The van der Waals surface area contributed by atoms with Gasteiger partial charge < -0.3 is 154 Å². The molecule has 0 aromatic rings.